The standard InChI is InChI=1S/C15H17N3O2/c1-10-7-14(17-20-10)15(19)18-8-12(13(16)9-18)11-5-3-2-4-6-11/h2-7,12-13H,8-9,16H2,1H3/t12-,13+/m0/s1. The molecule has 0 aliphatic carbocycles. The molecule has 104 valence electrons. The van der Waals surface area contributed by atoms with Crippen LogP contribution in [0, 0.1) is 6.92 Å². The van der Waals surface area contributed by atoms with Gasteiger partial charge in [-0.25, -0.2) is 0 Å². The van der Waals surface area contributed by atoms with Gasteiger partial charge in [-0.3, -0.25) is 4.79 Å². The second-order valence-electron chi connectivity index (χ2n) is 5.21. The topological polar surface area (TPSA) is 72.4 Å². The molecule has 2 aromatic rings. The maximum Gasteiger partial charge on any atom is 0.276 e. The van der Waals surface area contributed by atoms with Crippen LogP contribution in [0.3, 0.4) is 0 Å². The van der Waals surface area contributed by atoms with Gasteiger partial charge in [-0.05, 0) is 12.5 Å². The number of aryl methyl sites for hydroxylation is 1. The lowest BCUT2D eigenvalue weighted by Crippen LogP contribution is -2.32. The van der Waals surface area contributed by atoms with Gasteiger partial charge in [0, 0.05) is 31.1 Å². The molecule has 1 fully saturated rings. The molecule has 1 aromatic heterocycles. The highest BCUT2D eigenvalue weighted by Crippen LogP contribution is 2.27. The van der Waals surface area contributed by atoms with Crippen LogP contribution in [-0.4, -0.2) is 35.1 Å². The summed E-state index contributed by atoms with van der Waals surface area (Å²) in [5.74, 6) is 0.695. The maximum atomic E-state index is 12.3. The van der Waals surface area contributed by atoms with Gasteiger partial charge < -0.3 is 15.2 Å². The summed E-state index contributed by atoms with van der Waals surface area (Å²) in [5.41, 5.74) is 7.71. The molecule has 1 aromatic carbocycles. The zero-order chi connectivity index (χ0) is 14.1. The number of benzene rings is 1. The van der Waals surface area contributed by atoms with Crippen LogP contribution in [0.2, 0.25) is 0 Å². The molecule has 3 rings (SSSR count). The fraction of sp³-hybridized carbons (Fsp3) is 0.333. The monoisotopic (exact) mass is 271 g/mol. The van der Waals surface area contributed by atoms with Crippen molar-refractivity contribution in [3.8, 4) is 0 Å². The van der Waals surface area contributed by atoms with Gasteiger partial charge in [0.05, 0.1) is 0 Å². The van der Waals surface area contributed by atoms with Gasteiger partial charge in [-0.1, -0.05) is 35.5 Å². The number of hydrogen-bond acceptors (Lipinski definition) is 4. The first kappa shape index (κ1) is 12.9. The Morgan fingerprint density at radius 1 is 1.35 bits per heavy atom. The molecule has 5 nitrogen and oxygen atoms in total. The molecule has 0 bridgehead atoms. The summed E-state index contributed by atoms with van der Waals surface area (Å²) in [6.45, 7) is 2.94. The Bertz CT molecular complexity index is 609. The zero-order valence-electron chi connectivity index (χ0n) is 11.3. The Morgan fingerprint density at radius 3 is 2.75 bits per heavy atom. The summed E-state index contributed by atoms with van der Waals surface area (Å²) in [7, 11) is 0. The van der Waals surface area contributed by atoms with Gasteiger partial charge in [0.25, 0.3) is 5.91 Å². The van der Waals surface area contributed by atoms with Crippen molar-refractivity contribution in [2.45, 2.75) is 18.9 Å². The Hall–Kier alpha value is -2.14. The van der Waals surface area contributed by atoms with Crippen LogP contribution in [0.4, 0.5) is 0 Å². The molecule has 0 saturated carbocycles. The van der Waals surface area contributed by atoms with Crippen LogP contribution in [0.5, 0.6) is 0 Å². The average molecular weight is 271 g/mol. The normalized spacial score (nSPS) is 22.2. The van der Waals surface area contributed by atoms with E-state index in [2.05, 4.69) is 17.3 Å². The van der Waals surface area contributed by atoms with Crippen molar-refractivity contribution in [2.24, 2.45) is 5.73 Å². The number of aromatic nitrogens is 1. The molecule has 0 radical (unpaired) electrons. The summed E-state index contributed by atoms with van der Waals surface area (Å²) >= 11 is 0. The molecule has 20 heavy (non-hydrogen) atoms. The van der Waals surface area contributed by atoms with E-state index in [-0.39, 0.29) is 17.9 Å². The zero-order valence-corrected chi connectivity index (χ0v) is 11.3. The highest BCUT2D eigenvalue weighted by Gasteiger charge is 2.35. The van der Waals surface area contributed by atoms with Crippen molar-refractivity contribution in [3.63, 3.8) is 0 Å². The number of likely N-dealkylation sites (tertiary alicyclic amines) is 1. The molecule has 1 saturated heterocycles. The van der Waals surface area contributed by atoms with Crippen molar-refractivity contribution < 1.29 is 9.32 Å². The fourth-order valence-corrected chi connectivity index (χ4v) is 2.68. The number of hydrogen-bond donors (Lipinski definition) is 1. The molecule has 1 amide bonds. The molecular weight excluding hydrogens is 254 g/mol. The molecule has 0 spiro atoms. The molecule has 1 aliphatic heterocycles. The Morgan fingerprint density at radius 2 is 2.10 bits per heavy atom. The van der Waals surface area contributed by atoms with E-state index >= 15 is 0 Å². The van der Waals surface area contributed by atoms with Gasteiger partial charge in [0.1, 0.15) is 5.76 Å². The lowest BCUT2D eigenvalue weighted by atomic mass is 9.95. The molecular formula is C15H17N3O2. The lowest BCUT2D eigenvalue weighted by Gasteiger charge is -2.15. The number of amides is 1. The average Bonchev–Trinajstić information content (AvgIpc) is 3.05. The van der Waals surface area contributed by atoms with E-state index in [0.29, 0.717) is 24.5 Å². The summed E-state index contributed by atoms with van der Waals surface area (Å²) in [5, 5.41) is 3.78. The van der Waals surface area contributed by atoms with E-state index in [9.17, 15) is 4.79 Å². The second-order valence-corrected chi connectivity index (χ2v) is 5.21. The van der Waals surface area contributed by atoms with E-state index < -0.39 is 0 Å². The van der Waals surface area contributed by atoms with Crippen LogP contribution in [0.15, 0.2) is 40.9 Å². The minimum Gasteiger partial charge on any atom is -0.361 e. The number of carbonyl (C=O) groups excluding carboxylic acids is 1. The number of nitrogens with zero attached hydrogens (tertiary/aromatic N) is 2. The molecule has 1 aliphatic rings. The Labute approximate surface area is 117 Å². The van der Waals surface area contributed by atoms with E-state index in [1.54, 1.807) is 17.9 Å². The first-order valence-corrected chi connectivity index (χ1v) is 6.68. The molecule has 0 unspecified atom stereocenters. The van der Waals surface area contributed by atoms with Crippen LogP contribution in [0.1, 0.15) is 27.7 Å². The highest BCUT2D eigenvalue weighted by molar-refractivity contribution is 5.92. The number of carbonyl (C=O) groups is 1. The van der Waals surface area contributed by atoms with E-state index in [1.807, 2.05) is 18.2 Å². The first-order valence-electron chi connectivity index (χ1n) is 6.68. The van der Waals surface area contributed by atoms with Gasteiger partial charge in [0.2, 0.25) is 0 Å². The Balaban J connectivity index is 1.77. The van der Waals surface area contributed by atoms with Gasteiger partial charge in [-0.15, -0.1) is 0 Å². The number of rotatable bonds is 2. The van der Waals surface area contributed by atoms with Gasteiger partial charge in [-0.2, -0.15) is 0 Å². The third kappa shape index (κ3) is 2.32. The molecule has 2 atom stereocenters. The SMILES string of the molecule is Cc1cc(C(=O)N2C[C@@H](N)[C@H](c3ccccc3)C2)no1. The third-order valence-corrected chi connectivity index (χ3v) is 3.73. The predicted molar refractivity (Wildman–Crippen MR) is 74.3 cm³/mol. The van der Waals surface area contributed by atoms with E-state index in [0.717, 1.165) is 0 Å². The van der Waals surface area contributed by atoms with Crippen molar-refractivity contribution >= 4 is 5.91 Å². The minimum atomic E-state index is -0.115. The smallest absolute Gasteiger partial charge is 0.276 e. The summed E-state index contributed by atoms with van der Waals surface area (Å²) in [6.07, 6.45) is 0. The molecule has 2 N–H and O–H groups in total. The largest absolute Gasteiger partial charge is 0.361 e. The van der Waals surface area contributed by atoms with Crippen LogP contribution >= 0.6 is 0 Å². The van der Waals surface area contributed by atoms with E-state index in [1.165, 1.54) is 5.56 Å². The van der Waals surface area contributed by atoms with Crippen molar-refractivity contribution in [3.05, 3.63) is 53.4 Å². The lowest BCUT2D eigenvalue weighted by molar-refractivity contribution is 0.0779. The summed E-state index contributed by atoms with van der Waals surface area (Å²) in [6, 6.07) is 11.7. The minimum absolute atomic E-state index is 0.0469. The van der Waals surface area contributed by atoms with Crippen LogP contribution in [-0.2, 0) is 0 Å². The third-order valence-electron chi connectivity index (χ3n) is 3.73. The fourth-order valence-electron chi connectivity index (χ4n) is 2.68. The summed E-state index contributed by atoms with van der Waals surface area (Å²) < 4.78 is 4.95. The number of nitrogens with two attached hydrogens (primary N) is 1. The van der Waals surface area contributed by atoms with Crippen molar-refractivity contribution in [1.82, 2.24) is 10.1 Å². The molecule has 5 heteroatoms. The van der Waals surface area contributed by atoms with Crippen molar-refractivity contribution in [2.75, 3.05) is 13.1 Å². The van der Waals surface area contributed by atoms with Crippen LogP contribution in [0.25, 0.3) is 0 Å². The first-order chi connectivity index (χ1) is 9.65. The second kappa shape index (κ2) is 5.09. The quantitative estimate of drug-likeness (QED) is 0.899. The predicted octanol–water partition coefficient (Wildman–Crippen LogP) is 1.55. The highest BCUT2D eigenvalue weighted by atomic mass is 16.5. The van der Waals surface area contributed by atoms with E-state index in [4.69, 9.17) is 10.3 Å². The maximum absolute atomic E-state index is 12.3. The van der Waals surface area contributed by atoms with Crippen LogP contribution < -0.4 is 5.73 Å². The molecule has 2 heterocycles. The van der Waals surface area contributed by atoms with Gasteiger partial charge >= 0.3 is 0 Å². The van der Waals surface area contributed by atoms with Crippen molar-refractivity contribution in [1.29, 1.82) is 0 Å². The van der Waals surface area contributed by atoms with Gasteiger partial charge in [0.15, 0.2) is 5.69 Å². The summed E-state index contributed by atoms with van der Waals surface area (Å²) in [4.78, 5) is 14.1. The Kier molecular flexibility index (Phi) is 3.28.